The molecule has 1 aliphatic rings. The molecule has 5 heteroatoms. The van der Waals surface area contributed by atoms with Crippen LogP contribution in [0.25, 0.3) is 0 Å². The summed E-state index contributed by atoms with van der Waals surface area (Å²) in [4.78, 5) is 12.6. The summed E-state index contributed by atoms with van der Waals surface area (Å²) in [7, 11) is 2.00. The highest BCUT2D eigenvalue weighted by molar-refractivity contribution is 5.50. The van der Waals surface area contributed by atoms with Gasteiger partial charge in [-0.25, -0.2) is 9.97 Å². The number of anilines is 2. The molecule has 88 valence electrons. The van der Waals surface area contributed by atoms with Gasteiger partial charge in [0.2, 0.25) is 0 Å². The first kappa shape index (κ1) is 11.1. The Bertz CT molecular complexity index is 358. The summed E-state index contributed by atoms with van der Waals surface area (Å²) in [5, 5.41) is 9.49. The second kappa shape index (κ2) is 4.65. The molecule has 0 radical (unpaired) electrons. The minimum Gasteiger partial charge on any atom is -0.391 e. The van der Waals surface area contributed by atoms with Gasteiger partial charge in [-0.1, -0.05) is 0 Å². The van der Waals surface area contributed by atoms with Crippen LogP contribution in [-0.2, 0) is 0 Å². The SMILES string of the molecule is CCN(C)c1cc(N2CCC(O)C2)ncn1. The average molecular weight is 222 g/mol. The van der Waals surface area contributed by atoms with Gasteiger partial charge in [-0.05, 0) is 13.3 Å². The van der Waals surface area contributed by atoms with E-state index in [0.717, 1.165) is 31.1 Å². The molecule has 1 aromatic rings. The molecule has 0 aliphatic carbocycles. The van der Waals surface area contributed by atoms with Crippen molar-refractivity contribution in [3.63, 3.8) is 0 Å². The van der Waals surface area contributed by atoms with Crippen molar-refractivity contribution in [3.05, 3.63) is 12.4 Å². The van der Waals surface area contributed by atoms with E-state index in [4.69, 9.17) is 0 Å². The number of aliphatic hydroxyl groups excluding tert-OH is 1. The third-order valence-electron chi connectivity index (χ3n) is 2.99. The van der Waals surface area contributed by atoms with Gasteiger partial charge in [0.05, 0.1) is 6.10 Å². The van der Waals surface area contributed by atoms with Crippen LogP contribution in [0.5, 0.6) is 0 Å². The van der Waals surface area contributed by atoms with Gasteiger partial charge < -0.3 is 14.9 Å². The molecule has 1 aliphatic heterocycles. The van der Waals surface area contributed by atoms with Crippen molar-refractivity contribution in [2.45, 2.75) is 19.4 Å². The van der Waals surface area contributed by atoms with Gasteiger partial charge in [-0.2, -0.15) is 0 Å². The third kappa shape index (κ3) is 2.24. The Morgan fingerprint density at radius 3 is 3.00 bits per heavy atom. The van der Waals surface area contributed by atoms with Crippen LogP contribution in [0.3, 0.4) is 0 Å². The minimum absolute atomic E-state index is 0.220. The van der Waals surface area contributed by atoms with E-state index in [1.54, 1.807) is 6.33 Å². The fourth-order valence-electron chi connectivity index (χ4n) is 1.83. The summed E-state index contributed by atoms with van der Waals surface area (Å²) in [6.45, 7) is 4.54. The number of β-amino-alcohol motifs (C(OH)–C–C–N with tert-alkyl or cyclic N) is 1. The van der Waals surface area contributed by atoms with Crippen molar-refractivity contribution in [2.24, 2.45) is 0 Å². The van der Waals surface area contributed by atoms with Gasteiger partial charge in [0.1, 0.15) is 18.0 Å². The lowest BCUT2D eigenvalue weighted by Gasteiger charge is -2.20. The molecule has 1 aromatic heterocycles. The van der Waals surface area contributed by atoms with Crippen molar-refractivity contribution in [1.82, 2.24) is 9.97 Å². The first-order valence-electron chi connectivity index (χ1n) is 5.67. The van der Waals surface area contributed by atoms with Gasteiger partial charge in [0.25, 0.3) is 0 Å². The zero-order valence-electron chi connectivity index (χ0n) is 9.80. The summed E-state index contributed by atoms with van der Waals surface area (Å²) in [5.41, 5.74) is 0. The highest BCUT2D eigenvalue weighted by Gasteiger charge is 2.21. The third-order valence-corrected chi connectivity index (χ3v) is 2.99. The minimum atomic E-state index is -0.220. The van der Waals surface area contributed by atoms with Crippen molar-refractivity contribution >= 4 is 11.6 Å². The van der Waals surface area contributed by atoms with Crippen LogP contribution in [0.15, 0.2) is 12.4 Å². The smallest absolute Gasteiger partial charge is 0.134 e. The van der Waals surface area contributed by atoms with E-state index >= 15 is 0 Å². The van der Waals surface area contributed by atoms with Crippen molar-refractivity contribution in [2.75, 3.05) is 36.5 Å². The normalized spacial score (nSPS) is 20.2. The summed E-state index contributed by atoms with van der Waals surface area (Å²) >= 11 is 0. The van der Waals surface area contributed by atoms with E-state index in [1.807, 2.05) is 13.1 Å². The molecular formula is C11H18N4O. The van der Waals surface area contributed by atoms with E-state index in [2.05, 4.69) is 26.7 Å². The van der Waals surface area contributed by atoms with Crippen LogP contribution in [0.2, 0.25) is 0 Å². The number of hydrogen-bond acceptors (Lipinski definition) is 5. The fourth-order valence-corrected chi connectivity index (χ4v) is 1.83. The summed E-state index contributed by atoms with van der Waals surface area (Å²) in [6.07, 6.45) is 2.19. The first-order valence-corrected chi connectivity index (χ1v) is 5.67. The lowest BCUT2D eigenvalue weighted by atomic mass is 10.3. The zero-order chi connectivity index (χ0) is 11.5. The molecule has 1 N–H and O–H groups in total. The maximum Gasteiger partial charge on any atom is 0.134 e. The van der Waals surface area contributed by atoms with E-state index < -0.39 is 0 Å². The van der Waals surface area contributed by atoms with Crippen LogP contribution in [0.1, 0.15) is 13.3 Å². The summed E-state index contributed by atoms with van der Waals surface area (Å²) in [5.74, 6) is 1.83. The molecule has 2 rings (SSSR count). The van der Waals surface area contributed by atoms with Crippen molar-refractivity contribution in [3.8, 4) is 0 Å². The molecule has 1 saturated heterocycles. The maximum absolute atomic E-state index is 9.49. The largest absolute Gasteiger partial charge is 0.391 e. The Morgan fingerprint density at radius 2 is 2.38 bits per heavy atom. The Kier molecular flexibility index (Phi) is 3.24. The second-order valence-corrected chi connectivity index (χ2v) is 4.14. The van der Waals surface area contributed by atoms with Crippen LogP contribution in [-0.4, -0.2) is 47.9 Å². The number of hydrogen-bond donors (Lipinski definition) is 1. The van der Waals surface area contributed by atoms with Gasteiger partial charge >= 0.3 is 0 Å². The molecule has 2 heterocycles. The van der Waals surface area contributed by atoms with Crippen molar-refractivity contribution in [1.29, 1.82) is 0 Å². The van der Waals surface area contributed by atoms with Crippen LogP contribution in [0, 0.1) is 0 Å². The molecule has 1 unspecified atom stereocenters. The Labute approximate surface area is 95.7 Å². The monoisotopic (exact) mass is 222 g/mol. The van der Waals surface area contributed by atoms with Gasteiger partial charge in [-0.3, -0.25) is 0 Å². The molecule has 1 fully saturated rings. The molecule has 5 nitrogen and oxygen atoms in total. The molecule has 0 saturated carbocycles. The summed E-state index contributed by atoms with van der Waals surface area (Å²) in [6, 6.07) is 1.97. The van der Waals surface area contributed by atoms with Crippen LogP contribution < -0.4 is 9.80 Å². The van der Waals surface area contributed by atoms with Crippen LogP contribution >= 0.6 is 0 Å². The lowest BCUT2D eigenvalue weighted by Crippen LogP contribution is -2.23. The van der Waals surface area contributed by atoms with Gasteiger partial charge in [0, 0.05) is 32.7 Å². The van der Waals surface area contributed by atoms with E-state index in [0.29, 0.717) is 6.54 Å². The average Bonchev–Trinajstić information content (AvgIpc) is 2.75. The molecule has 1 atom stereocenters. The molecule has 0 amide bonds. The zero-order valence-corrected chi connectivity index (χ0v) is 9.80. The standard InChI is InChI=1S/C11H18N4O/c1-3-14(2)10-6-11(13-8-12-10)15-5-4-9(16)7-15/h6,8-9,16H,3-5,7H2,1-2H3. The fraction of sp³-hybridized carbons (Fsp3) is 0.636. The quantitative estimate of drug-likeness (QED) is 0.807. The Hall–Kier alpha value is -1.36. The topological polar surface area (TPSA) is 52.5 Å². The molecule has 0 spiro atoms. The predicted octanol–water partition coefficient (Wildman–Crippen LogP) is 0.504. The highest BCUT2D eigenvalue weighted by atomic mass is 16.3. The highest BCUT2D eigenvalue weighted by Crippen LogP contribution is 2.20. The van der Waals surface area contributed by atoms with Crippen LogP contribution in [0.4, 0.5) is 11.6 Å². The molecular weight excluding hydrogens is 204 g/mol. The Morgan fingerprint density at radius 1 is 1.56 bits per heavy atom. The van der Waals surface area contributed by atoms with Gasteiger partial charge in [-0.15, -0.1) is 0 Å². The maximum atomic E-state index is 9.49. The van der Waals surface area contributed by atoms with E-state index in [9.17, 15) is 5.11 Å². The van der Waals surface area contributed by atoms with Gasteiger partial charge in [0.15, 0.2) is 0 Å². The lowest BCUT2D eigenvalue weighted by molar-refractivity contribution is 0.198. The Balaban J connectivity index is 2.16. The van der Waals surface area contributed by atoms with E-state index in [-0.39, 0.29) is 6.10 Å². The molecule has 0 bridgehead atoms. The second-order valence-electron chi connectivity index (χ2n) is 4.14. The van der Waals surface area contributed by atoms with Crippen molar-refractivity contribution < 1.29 is 5.11 Å². The number of nitrogens with zero attached hydrogens (tertiary/aromatic N) is 4. The predicted molar refractivity (Wildman–Crippen MR) is 63.8 cm³/mol. The summed E-state index contributed by atoms with van der Waals surface area (Å²) < 4.78 is 0. The first-order chi connectivity index (χ1) is 7.70. The molecule has 16 heavy (non-hydrogen) atoms. The number of aromatic nitrogens is 2. The molecule has 0 aromatic carbocycles. The number of rotatable bonds is 3. The number of aliphatic hydroxyl groups is 1. The van der Waals surface area contributed by atoms with E-state index in [1.165, 1.54) is 0 Å².